The SMILES string of the molecule is O=C(O)C(=O)C1=CC=Cc2ccc3sccc3c2O1. The third-order valence-electron chi connectivity index (χ3n) is 2.77. The van der Waals surface area contributed by atoms with Gasteiger partial charge in [0.25, 0.3) is 0 Å². The molecular formula is C14H8O4S. The minimum atomic E-state index is -1.53. The smallest absolute Gasteiger partial charge is 0.380 e. The van der Waals surface area contributed by atoms with Crippen molar-refractivity contribution < 1.29 is 19.4 Å². The number of aliphatic carboxylic acids is 1. The fourth-order valence-corrected chi connectivity index (χ4v) is 2.68. The zero-order chi connectivity index (χ0) is 13.4. The minimum Gasteiger partial charge on any atom is -0.475 e. The highest BCUT2D eigenvalue weighted by atomic mass is 32.1. The fourth-order valence-electron chi connectivity index (χ4n) is 1.89. The summed E-state index contributed by atoms with van der Waals surface area (Å²) in [6.45, 7) is 0. The van der Waals surface area contributed by atoms with Gasteiger partial charge >= 0.3 is 11.8 Å². The Balaban J connectivity index is 2.14. The predicted molar refractivity (Wildman–Crippen MR) is 72.2 cm³/mol. The third kappa shape index (κ3) is 1.94. The van der Waals surface area contributed by atoms with Crippen molar-refractivity contribution in [3.63, 3.8) is 0 Å². The molecule has 0 fully saturated rings. The highest BCUT2D eigenvalue weighted by Gasteiger charge is 2.22. The predicted octanol–water partition coefficient (Wildman–Crippen LogP) is 2.84. The molecule has 0 aliphatic carbocycles. The van der Waals surface area contributed by atoms with Crippen LogP contribution in [-0.2, 0) is 9.59 Å². The lowest BCUT2D eigenvalue weighted by Gasteiger charge is -2.09. The Labute approximate surface area is 112 Å². The molecule has 19 heavy (non-hydrogen) atoms. The molecule has 0 bridgehead atoms. The first kappa shape index (κ1) is 11.7. The second-order valence-corrected chi connectivity index (χ2v) is 4.89. The van der Waals surface area contributed by atoms with Gasteiger partial charge in [-0.2, -0.15) is 0 Å². The summed E-state index contributed by atoms with van der Waals surface area (Å²) in [6.07, 6.45) is 4.77. The van der Waals surface area contributed by atoms with Crippen molar-refractivity contribution in [1.29, 1.82) is 0 Å². The number of hydrogen-bond acceptors (Lipinski definition) is 4. The molecule has 0 radical (unpaired) electrons. The Hall–Kier alpha value is -2.40. The van der Waals surface area contributed by atoms with Gasteiger partial charge in [-0.25, -0.2) is 4.79 Å². The first-order chi connectivity index (χ1) is 9.16. The molecular weight excluding hydrogens is 264 g/mol. The van der Waals surface area contributed by atoms with E-state index in [1.807, 2.05) is 23.6 Å². The molecule has 2 aromatic rings. The van der Waals surface area contributed by atoms with Crippen LogP contribution in [0.25, 0.3) is 16.2 Å². The molecule has 1 aromatic carbocycles. The Kier molecular flexibility index (Phi) is 2.68. The van der Waals surface area contributed by atoms with Crippen molar-refractivity contribution in [2.24, 2.45) is 0 Å². The number of ether oxygens (including phenoxy) is 1. The normalized spacial score (nSPS) is 13.4. The second kappa shape index (κ2) is 4.37. The minimum absolute atomic E-state index is 0.179. The van der Waals surface area contributed by atoms with Crippen LogP contribution in [0.4, 0.5) is 0 Å². The van der Waals surface area contributed by atoms with Gasteiger partial charge in [0.05, 0.1) is 0 Å². The Morgan fingerprint density at radius 3 is 2.84 bits per heavy atom. The zero-order valence-corrected chi connectivity index (χ0v) is 10.4. The molecule has 0 unspecified atom stereocenters. The van der Waals surface area contributed by atoms with Crippen LogP contribution >= 0.6 is 11.3 Å². The van der Waals surface area contributed by atoms with Crippen molar-refractivity contribution in [3.8, 4) is 5.75 Å². The van der Waals surface area contributed by atoms with Crippen LogP contribution in [0, 0.1) is 0 Å². The summed E-state index contributed by atoms with van der Waals surface area (Å²) in [4.78, 5) is 22.3. The van der Waals surface area contributed by atoms with E-state index in [-0.39, 0.29) is 5.76 Å². The van der Waals surface area contributed by atoms with E-state index >= 15 is 0 Å². The Bertz CT molecular complexity index is 752. The third-order valence-corrected chi connectivity index (χ3v) is 3.65. The molecule has 0 saturated heterocycles. The quantitative estimate of drug-likeness (QED) is 0.854. The molecule has 0 saturated carbocycles. The van der Waals surface area contributed by atoms with Crippen molar-refractivity contribution >= 4 is 39.3 Å². The van der Waals surface area contributed by atoms with Crippen LogP contribution in [0.15, 0.2) is 41.5 Å². The molecule has 94 valence electrons. The van der Waals surface area contributed by atoms with Gasteiger partial charge in [0, 0.05) is 15.6 Å². The van der Waals surface area contributed by atoms with Gasteiger partial charge in [0.15, 0.2) is 5.76 Å². The molecule has 5 heteroatoms. The van der Waals surface area contributed by atoms with E-state index in [0.717, 1.165) is 15.6 Å². The van der Waals surface area contributed by atoms with E-state index in [0.29, 0.717) is 5.75 Å². The lowest BCUT2D eigenvalue weighted by atomic mass is 10.1. The van der Waals surface area contributed by atoms with Crippen molar-refractivity contribution in [1.82, 2.24) is 0 Å². The van der Waals surface area contributed by atoms with Gasteiger partial charge in [0.2, 0.25) is 0 Å². The summed E-state index contributed by atoms with van der Waals surface area (Å²) in [7, 11) is 0. The number of benzene rings is 1. The topological polar surface area (TPSA) is 63.6 Å². The lowest BCUT2D eigenvalue weighted by molar-refractivity contribution is -0.148. The van der Waals surface area contributed by atoms with Gasteiger partial charge in [-0.3, -0.25) is 4.79 Å². The maximum absolute atomic E-state index is 11.5. The number of Topliss-reactive ketones (excluding diaryl/α,β-unsaturated/α-hetero) is 1. The molecule has 2 heterocycles. The number of allylic oxidation sites excluding steroid dienone is 2. The molecule has 1 aliphatic rings. The van der Waals surface area contributed by atoms with Crippen LogP contribution in [-0.4, -0.2) is 16.9 Å². The largest absolute Gasteiger partial charge is 0.475 e. The van der Waals surface area contributed by atoms with Crippen molar-refractivity contribution in [2.75, 3.05) is 0 Å². The van der Waals surface area contributed by atoms with E-state index in [9.17, 15) is 9.59 Å². The summed E-state index contributed by atoms with van der Waals surface area (Å²) in [5.41, 5.74) is 0.815. The van der Waals surface area contributed by atoms with Gasteiger partial charge in [-0.05, 0) is 29.7 Å². The number of thiophene rings is 1. The Morgan fingerprint density at radius 2 is 2.05 bits per heavy atom. The van der Waals surface area contributed by atoms with Crippen molar-refractivity contribution in [3.05, 3.63) is 47.1 Å². The number of carbonyl (C=O) groups excluding carboxylic acids is 1. The first-order valence-corrected chi connectivity index (χ1v) is 6.39. The number of hydrogen-bond donors (Lipinski definition) is 1. The van der Waals surface area contributed by atoms with E-state index < -0.39 is 11.8 Å². The number of carbonyl (C=O) groups is 2. The molecule has 0 spiro atoms. The standard InChI is InChI=1S/C14H8O4S/c15-12(14(16)17)10-3-1-2-8-4-5-11-9(6-7-19-11)13(8)18-10/h1-7H,(H,16,17). The highest BCUT2D eigenvalue weighted by molar-refractivity contribution is 7.17. The Morgan fingerprint density at radius 1 is 1.21 bits per heavy atom. The second-order valence-electron chi connectivity index (χ2n) is 3.94. The van der Waals surface area contributed by atoms with E-state index in [4.69, 9.17) is 9.84 Å². The molecule has 1 aromatic heterocycles. The number of carboxylic acids is 1. The maximum atomic E-state index is 11.5. The molecule has 4 nitrogen and oxygen atoms in total. The number of fused-ring (bicyclic) bond motifs is 3. The lowest BCUT2D eigenvalue weighted by Crippen LogP contribution is -2.18. The average molecular weight is 272 g/mol. The van der Waals surface area contributed by atoms with Gasteiger partial charge in [-0.15, -0.1) is 11.3 Å². The summed E-state index contributed by atoms with van der Waals surface area (Å²) in [5, 5.41) is 11.6. The summed E-state index contributed by atoms with van der Waals surface area (Å²) < 4.78 is 6.55. The maximum Gasteiger partial charge on any atom is 0.380 e. The number of ketones is 1. The molecule has 1 N–H and O–H groups in total. The van der Waals surface area contributed by atoms with Crippen LogP contribution in [0.2, 0.25) is 0 Å². The van der Waals surface area contributed by atoms with Gasteiger partial charge in [-0.1, -0.05) is 12.2 Å². The number of rotatable bonds is 2. The summed E-state index contributed by atoms with van der Waals surface area (Å²) in [5.74, 6) is -2.24. The van der Waals surface area contributed by atoms with Gasteiger partial charge < -0.3 is 9.84 Å². The van der Waals surface area contributed by atoms with Crippen LogP contribution < -0.4 is 4.74 Å². The van der Waals surface area contributed by atoms with Crippen LogP contribution in [0.3, 0.4) is 0 Å². The van der Waals surface area contributed by atoms with E-state index in [2.05, 4.69) is 0 Å². The summed E-state index contributed by atoms with van der Waals surface area (Å²) >= 11 is 1.56. The number of carboxylic acid groups (broad SMARTS) is 1. The molecule has 0 atom stereocenters. The zero-order valence-electron chi connectivity index (χ0n) is 9.62. The average Bonchev–Trinajstić information content (AvgIpc) is 2.77. The van der Waals surface area contributed by atoms with E-state index in [1.54, 1.807) is 23.5 Å². The molecule has 1 aliphatic heterocycles. The van der Waals surface area contributed by atoms with Gasteiger partial charge in [0.1, 0.15) is 5.75 Å². The van der Waals surface area contributed by atoms with Crippen molar-refractivity contribution in [2.45, 2.75) is 0 Å². The highest BCUT2D eigenvalue weighted by Crippen LogP contribution is 2.36. The van der Waals surface area contributed by atoms with E-state index in [1.165, 1.54) is 6.08 Å². The molecule has 3 rings (SSSR count). The van der Waals surface area contributed by atoms with Crippen LogP contribution in [0.1, 0.15) is 5.56 Å². The monoisotopic (exact) mass is 272 g/mol. The summed E-state index contributed by atoms with van der Waals surface area (Å²) in [6, 6.07) is 5.74. The fraction of sp³-hybridized carbons (Fsp3) is 0. The first-order valence-electron chi connectivity index (χ1n) is 5.51. The molecule has 0 amide bonds. The van der Waals surface area contributed by atoms with Crippen LogP contribution in [0.5, 0.6) is 5.75 Å².